The van der Waals surface area contributed by atoms with E-state index < -0.39 is 0 Å². The van der Waals surface area contributed by atoms with Crippen molar-refractivity contribution in [3.05, 3.63) is 34.6 Å². The number of halogens is 1. The van der Waals surface area contributed by atoms with Crippen LogP contribution in [0.5, 0.6) is 0 Å². The van der Waals surface area contributed by atoms with Crippen LogP contribution < -0.4 is 5.32 Å². The van der Waals surface area contributed by atoms with Gasteiger partial charge in [-0.05, 0) is 38.1 Å². The molecule has 96 valence electrons. The number of hydrogen-bond acceptors (Lipinski definition) is 5. The van der Waals surface area contributed by atoms with Crippen LogP contribution in [0.15, 0.2) is 38.2 Å². The van der Waals surface area contributed by atoms with E-state index in [1.54, 1.807) is 11.8 Å². The summed E-state index contributed by atoms with van der Waals surface area (Å²) in [4.78, 5) is 5.45. The molecule has 0 atom stereocenters. The van der Waals surface area contributed by atoms with E-state index in [9.17, 15) is 0 Å². The molecule has 0 radical (unpaired) electrons. The van der Waals surface area contributed by atoms with Gasteiger partial charge in [0.2, 0.25) is 0 Å². The van der Waals surface area contributed by atoms with Gasteiger partial charge in [-0.2, -0.15) is 4.98 Å². The number of benzene rings is 1. The number of rotatable bonds is 5. The van der Waals surface area contributed by atoms with Crippen molar-refractivity contribution < 1.29 is 4.52 Å². The third-order valence-corrected chi connectivity index (χ3v) is 3.60. The first-order valence-electron chi connectivity index (χ1n) is 5.61. The third-order valence-electron chi connectivity index (χ3n) is 2.06. The highest BCUT2D eigenvalue weighted by Gasteiger charge is 2.07. The minimum Gasteiger partial charge on any atom is -0.336 e. The molecule has 1 N–H and O–H groups in total. The Kier molecular flexibility index (Phi) is 4.66. The Bertz CT molecular complexity index is 498. The van der Waals surface area contributed by atoms with Crippen LogP contribution in [-0.4, -0.2) is 16.2 Å². The SMILES string of the molecule is CC(C)Nc1nc(CSc2ccc(Br)cc2)no1. The lowest BCUT2D eigenvalue weighted by molar-refractivity contribution is 0.422. The van der Waals surface area contributed by atoms with Crippen molar-refractivity contribution in [2.45, 2.75) is 30.5 Å². The summed E-state index contributed by atoms with van der Waals surface area (Å²) in [5.41, 5.74) is 0. The fourth-order valence-corrected chi connectivity index (χ4v) is 2.30. The molecule has 2 aromatic rings. The van der Waals surface area contributed by atoms with E-state index in [1.165, 1.54) is 4.90 Å². The Balaban J connectivity index is 1.90. The van der Waals surface area contributed by atoms with Crippen LogP contribution in [0, 0.1) is 0 Å². The number of thioether (sulfide) groups is 1. The second kappa shape index (κ2) is 6.24. The fourth-order valence-electron chi connectivity index (χ4n) is 1.30. The Labute approximate surface area is 119 Å². The smallest absolute Gasteiger partial charge is 0.321 e. The molecule has 18 heavy (non-hydrogen) atoms. The summed E-state index contributed by atoms with van der Waals surface area (Å²) < 4.78 is 6.17. The Morgan fingerprint density at radius 3 is 2.72 bits per heavy atom. The van der Waals surface area contributed by atoms with Crippen molar-refractivity contribution in [2.24, 2.45) is 0 Å². The molecule has 0 saturated heterocycles. The lowest BCUT2D eigenvalue weighted by atomic mass is 10.4. The quantitative estimate of drug-likeness (QED) is 0.843. The second-order valence-corrected chi connectivity index (χ2v) is 6.02. The molecule has 0 saturated carbocycles. The lowest BCUT2D eigenvalue weighted by Crippen LogP contribution is -2.09. The van der Waals surface area contributed by atoms with Crippen molar-refractivity contribution in [3.8, 4) is 0 Å². The summed E-state index contributed by atoms with van der Waals surface area (Å²) in [6.07, 6.45) is 0. The highest BCUT2D eigenvalue weighted by molar-refractivity contribution is 9.10. The molecular formula is C12H14BrN3OS. The van der Waals surface area contributed by atoms with E-state index in [0.717, 1.165) is 4.47 Å². The van der Waals surface area contributed by atoms with Gasteiger partial charge < -0.3 is 9.84 Å². The maximum absolute atomic E-state index is 5.09. The van der Waals surface area contributed by atoms with E-state index in [2.05, 4.69) is 43.5 Å². The van der Waals surface area contributed by atoms with Crippen LogP contribution in [0.1, 0.15) is 19.7 Å². The predicted molar refractivity (Wildman–Crippen MR) is 76.8 cm³/mol. The summed E-state index contributed by atoms with van der Waals surface area (Å²) in [5.74, 6) is 1.40. The maximum atomic E-state index is 5.09. The van der Waals surface area contributed by atoms with E-state index in [0.29, 0.717) is 17.6 Å². The molecule has 1 heterocycles. The summed E-state index contributed by atoms with van der Waals surface area (Å²) in [5, 5.41) is 7.00. The monoisotopic (exact) mass is 327 g/mol. The number of nitrogens with zero attached hydrogens (tertiary/aromatic N) is 2. The van der Waals surface area contributed by atoms with E-state index in [1.807, 2.05) is 26.0 Å². The molecule has 1 aromatic carbocycles. The molecule has 4 nitrogen and oxygen atoms in total. The molecule has 0 amide bonds. The fraction of sp³-hybridized carbons (Fsp3) is 0.333. The van der Waals surface area contributed by atoms with Gasteiger partial charge in [-0.15, -0.1) is 11.8 Å². The minimum absolute atomic E-state index is 0.289. The van der Waals surface area contributed by atoms with Crippen LogP contribution >= 0.6 is 27.7 Å². The zero-order valence-electron chi connectivity index (χ0n) is 10.2. The molecule has 0 aliphatic heterocycles. The molecule has 6 heteroatoms. The normalized spacial score (nSPS) is 10.9. The number of aromatic nitrogens is 2. The van der Waals surface area contributed by atoms with Crippen molar-refractivity contribution in [3.63, 3.8) is 0 Å². The van der Waals surface area contributed by atoms with Gasteiger partial charge in [-0.25, -0.2) is 0 Å². The van der Waals surface area contributed by atoms with Crippen LogP contribution in [-0.2, 0) is 5.75 Å². The highest BCUT2D eigenvalue weighted by Crippen LogP contribution is 2.23. The standard InChI is InChI=1S/C12H14BrN3OS/c1-8(2)14-12-15-11(16-17-12)7-18-10-5-3-9(13)4-6-10/h3-6,8H,7H2,1-2H3,(H,14,15,16). The number of hydrogen-bond donors (Lipinski definition) is 1. The lowest BCUT2D eigenvalue weighted by Gasteiger charge is -2.01. The Morgan fingerprint density at radius 2 is 2.06 bits per heavy atom. The highest BCUT2D eigenvalue weighted by atomic mass is 79.9. The van der Waals surface area contributed by atoms with Gasteiger partial charge in [0.25, 0.3) is 0 Å². The zero-order valence-corrected chi connectivity index (χ0v) is 12.6. The summed E-state index contributed by atoms with van der Waals surface area (Å²) in [6.45, 7) is 4.06. The molecular weight excluding hydrogens is 314 g/mol. The van der Waals surface area contributed by atoms with Crippen molar-refractivity contribution in [2.75, 3.05) is 5.32 Å². The van der Waals surface area contributed by atoms with Crippen LogP contribution in [0.4, 0.5) is 6.01 Å². The van der Waals surface area contributed by atoms with E-state index in [4.69, 9.17) is 4.52 Å². The van der Waals surface area contributed by atoms with Gasteiger partial charge in [0.1, 0.15) is 0 Å². The minimum atomic E-state index is 0.289. The molecule has 0 aliphatic carbocycles. The summed E-state index contributed by atoms with van der Waals surface area (Å²) in [7, 11) is 0. The molecule has 0 aliphatic rings. The molecule has 2 rings (SSSR count). The van der Waals surface area contributed by atoms with Crippen LogP contribution in [0.2, 0.25) is 0 Å². The molecule has 1 aromatic heterocycles. The van der Waals surface area contributed by atoms with Gasteiger partial charge >= 0.3 is 6.01 Å². The molecule has 0 bridgehead atoms. The summed E-state index contributed by atoms with van der Waals surface area (Å²) in [6, 6.07) is 8.92. The molecule has 0 spiro atoms. The first-order valence-corrected chi connectivity index (χ1v) is 7.39. The van der Waals surface area contributed by atoms with E-state index >= 15 is 0 Å². The Hall–Kier alpha value is -1.01. The Morgan fingerprint density at radius 1 is 1.33 bits per heavy atom. The van der Waals surface area contributed by atoms with Gasteiger partial charge in [-0.1, -0.05) is 21.1 Å². The van der Waals surface area contributed by atoms with Crippen LogP contribution in [0.3, 0.4) is 0 Å². The predicted octanol–water partition coefficient (Wildman–Crippen LogP) is 3.94. The molecule has 0 fully saturated rings. The maximum Gasteiger partial charge on any atom is 0.321 e. The number of anilines is 1. The van der Waals surface area contributed by atoms with Gasteiger partial charge in [0.05, 0.1) is 5.75 Å². The number of nitrogens with one attached hydrogen (secondary N) is 1. The second-order valence-electron chi connectivity index (χ2n) is 4.06. The molecule has 0 unspecified atom stereocenters. The average Bonchev–Trinajstić information content (AvgIpc) is 2.75. The van der Waals surface area contributed by atoms with Crippen molar-refractivity contribution in [1.82, 2.24) is 10.1 Å². The van der Waals surface area contributed by atoms with Gasteiger partial charge in [0.15, 0.2) is 5.82 Å². The first kappa shape index (κ1) is 13.4. The van der Waals surface area contributed by atoms with Gasteiger partial charge in [-0.3, -0.25) is 0 Å². The van der Waals surface area contributed by atoms with E-state index in [-0.39, 0.29) is 6.04 Å². The average molecular weight is 328 g/mol. The van der Waals surface area contributed by atoms with Crippen LogP contribution in [0.25, 0.3) is 0 Å². The zero-order chi connectivity index (χ0) is 13.0. The topological polar surface area (TPSA) is 51.0 Å². The largest absolute Gasteiger partial charge is 0.336 e. The third kappa shape index (κ3) is 4.03. The van der Waals surface area contributed by atoms with Crippen molar-refractivity contribution >= 4 is 33.7 Å². The first-order chi connectivity index (χ1) is 8.63. The van der Waals surface area contributed by atoms with Crippen molar-refractivity contribution in [1.29, 1.82) is 0 Å². The summed E-state index contributed by atoms with van der Waals surface area (Å²) >= 11 is 5.09. The van der Waals surface area contributed by atoms with Gasteiger partial charge in [0, 0.05) is 15.4 Å².